The molecule has 0 bridgehead atoms. The molecule has 1 radical (unpaired) electrons. The molecule has 0 fully saturated rings. The van der Waals surface area contributed by atoms with Crippen molar-refractivity contribution in [2.75, 3.05) is 0 Å². The van der Waals surface area contributed by atoms with Gasteiger partial charge in [-0.2, -0.15) is 0 Å². The molecule has 5 aromatic carbocycles. The van der Waals surface area contributed by atoms with Crippen LogP contribution in [-0.2, 0) is 26.7 Å². The van der Waals surface area contributed by atoms with Crippen LogP contribution in [0.25, 0.3) is 66.7 Å². The van der Waals surface area contributed by atoms with Gasteiger partial charge >= 0.3 is 106 Å². The maximum Gasteiger partial charge on any atom is 0.142 e. The normalized spacial score (nSPS) is 11.7. The summed E-state index contributed by atoms with van der Waals surface area (Å²) < 4.78 is 10.5. The van der Waals surface area contributed by atoms with Crippen molar-refractivity contribution in [3.8, 4) is 33.8 Å². The molecular weight excluding hydrogens is 997 g/mol. The molecule has 5 nitrogen and oxygen atoms in total. The molecule has 0 spiro atoms. The number of rotatable bonds is 8. The minimum atomic E-state index is -1.73. The minimum Gasteiger partial charge on any atom is -0.499 e. The molecule has 4 heterocycles. The van der Waals surface area contributed by atoms with Crippen LogP contribution in [0, 0.1) is 39.8 Å². The second-order valence-electron chi connectivity index (χ2n) is 18.2. The van der Waals surface area contributed by atoms with Gasteiger partial charge in [-0.3, -0.25) is 9.97 Å². The first-order valence-electron chi connectivity index (χ1n) is 21.5. The van der Waals surface area contributed by atoms with Crippen molar-refractivity contribution in [1.82, 2.24) is 19.5 Å². The fourth-order valence-electron chi connectivity index (χ4n) is 8.43. The van der Waals surface area contributed by atoms with E-state index in [4.69, 9.17) is 14.4 Å². The SMILES string of the molecule is Cc1c[c-]c(-c2cc[c]([Ge]([CH3])([CH3])[CH3])cn2)cc1.Cc1cc2c(oc3c(-c4nc5ccccc5n4Cc4c(C(C)C)cc(-c5ccccc5)cc4C(C)C)[c-]cc(C)c32)c(C)n1.[Ir]. The third kappa shape index (κ3) is 9.02. The molecule has 9 aromatic rings. The number of hydrogen-bond acceptors (Lipinski definition) is 4. The standard InChI is InChI=1S/C40H38N3O.C15H18GeN.Ir/c1-23(2)31-20-29(28-13-9-8-10-14-28)21-32(24(3)4)34(31)22-43-36-16-12-11-15-35(36)42-40(43)30-18-17-25(5)37-33-19-26(6)41-27(7)38(33)44-39(30)37;1-12-5-7-13(8-6-12)15-10-9-14(11-17-15)16(2,3)4;/h8-17,19-21,23-24H,22H2,1-7H3;5-7,9-11H,1-4H3;/q2*-1;. The van der Waals surface area contributed by atoms with Crippen LogP contribution in [0.15, 0.2) is 120 Å². The van der Waals surface area contributed by atoms with Crippen molar-refractivity contribution in [1.29, 1.82) is 0 Å². The average Bonchev–Trinajstić information content (AvgIpc) is 3.81. The number of nitrogens with zero attached hydrogens (tertiary/aromatic N) is 4. The average molecular weight is 1050 g/mol. The first kappa shape index (κ1) is 44.9. The summed E-state index contributed by atoms with van der Waals surface area (Å²) >= 11 is -1.73. The molecule has 317 valence electrons. The monoisotopic (exact) mass is 1060 g/mol. The quantitative estimate of drug-likeness (QED) is 0.112. The Morgan fingerprint density at radius 3 is 2.03 bits per heavy atom. The zero-order valence-corrected chi connectivity index (χ0v) is 42.4. The van der Waals surface area contributed by atoms with Crippen molar-refractivity contribution in [3.05, 3.63) is 167 Å². The van der Waals surface area contributed by atoms with Gasteiger partial charge in [0.05, 0.1) is 28.1 Å². The van der Waals surface area contributed by atoms with E-state index < -0.39 is 13.3 Å². The fourth-order valence-corrected chi connectivity index (χ4v) is 10.6. The maximum atomic E-state index is 6.65. The zero-order valence-electron chi connectivity index (χ0n) is 37.9. The Morgan fingerprint density at radius 1 is 0.710 bits per heavy atom. The third-order valence-corrected chi connectivity index (χ3v) is 16.0. The summed E-state index contributed by atoms with van der Waals surface area (Å²) in [5, 5.41) is 2.21. The summed E-state index contributed by atoms with van der Waals surface area (Å²) in [5.41, 5.74) is 17.6. The fraction of sp³-hybridized carbons (Fsp3) is 0.255. The molecule has 0 N–H and O–H groups in total. The van der Waals surface area contributed by atoms with Crippen molar-refractivity contribution in [2.45, 2.75) is 91.0 Å². The van der Waals surface area contributed by atoms with Crippen LogP contribution < -0.4 is 4.40 Å². The van der Waals surface area contributed by atoms with E-state index in [1.54, 1.807) is 0 Å². The van der Waals surface area contributed by atoms with Gasteiger partial charge in [0, 0.05) is 37.7 Å². The largest absolute Gasteiger partial charge is 0.499 e. The molecule has 0 unspecified atom stereocenters. The van der Waals surface area contributed by atoms with Crippen molar-refractivity contribution < 1.29 is 24.5 Å². The van der Waals surface area contributed by atoms with Crippen LogP contribution in [0.1, 0.15) is 78.7 Å². The molecule has 0 aliphatic rings. The first-order valence-corrected chi connectivity index (χ1v) is 28.9. The molecule has 0 atom stereocenters. The number of benzene rings is 5. The Balaban J connectivity index is 0.000000270. The van der Waals surface area contributed by atoms with Gasteiger partial charge in [-0.1, -0.05) is 100 Å². The Hall–Kier alpha value is -5.14. The molecular formula is C55H56GeIrN4O-2. The van der Waals surface area contributed by atoms with Crippen molar-refractivity contribution in [3.63, 3.8) is 0 Å². The number of furan rings is 1. The Bertz CT molecular complexity index is 2980. The number of para-hydroxylation sites is 2. The molecule has 7 heteroatoms. The number of aryl methyl sites for hydroxylation is 4. The summed E-state index contributed by atoms with van der Waals surface area (Å²) in [7, 11) is 0. The maximum absolute atomic E-state index is 6.65. The second kappa shape index (κ2) is 18.3. The topological polar surface area (TPSA) is 56.7 Å². The van der Waals surface area contributed by atoms with E-state index in [2.05, 4.69) is 184 Å². The smallest absolute Gasteiger partial charge is 0.142 e. The summed E-state index contributed by atoms with van der Waals surface area (Å²) in [6.45, 7) is 18.2. The van der Waals surface area contributed by atoms with E-state index in [0.717, 1.165) is 72.6 Å². The van der Waals surface area contributed by atoms with E-state index in [-0.39, 0.29) is 20.1 Å². The molecule has 9 rings (SSSR count). The Kier molecular flexibility index (Phi) is 13.3. The van der Waals surface area contributed by atoms with E-state index in [1.807, 2.05) is 26.1 Å². The van der Waals surface area contributed by atoms with Gasteiger partial charge in [0.25, 0.3) is 0 Å². The molecule has 0 saturated carbocycles. The third-order valence-electron chi connectivity index (χ3n) is 11.8. The summed E-state index contributed by atoms with van der Waals surface area (Å²) in [5.74, 6) is 8.74. The summed E-state index contributed by atoms with van der Waals surface area (Å²) in [6.07, 6.45) is 2.04. The zero-order chi connectivity index (χ0) is 43.2. The van der Waals surface area contributed by atoms with Gasteiger partial charge in [0.15, 0.2) is 0 Å². The van der Waals surface area contributed by atoms with E-state index in [1.165, 1.54) is 37.8 Å². The van der Waals surface area contributed by atoms with Crippen molar-refractivity contribution >= 4 is 50.6 Å². The molecule has 0 amide bonds. The predicted molar refractivity (Wildman–Crippen MR) is 259 cm³/mol. The second-order valence-corrected chi connectivity index (χ2v) is 28.8. The molecule has 0 aliphatic heterocycles. The number of pyridine rings is 2. The summed E-state index contributed by atoms with van der Waals surface area (Å²) in [4.78, 5) is 14.5. The van der Waals surface area contributed by atoms with Crippen LogP contribution in [-0.4, -0.2) is 32.8 Å². The van der Waals surface area contributed by atoms with Gasteiger partial charge in [-0.05, 0) is 71.7 Å². The molecule has 0 aliphatic carbocycles. The van der Waals surface area contributed by atoms with Gasteiger partial charge in [0.2, 0.25) is 0 Å². The molecule has 4 aromatic heterocycles. The van der Waals surface area contributed by atoms with Crippen LogP contribution in [0.5, 0.6) is 0 Å². The Labute approximate surface area is 383 Å². The van der Waals surface area contributed by atoms with E-state index in [9.17, 15) is 0 Å². The van der Waals surface area contributed by atoms with Crippen LogP contribution >= 0.6 is 0 Å². The summed E-state index contributed by atoms with van der Waals surface area (Å²) in [6, 6.07) is 45.5. The number of hydrogen-bond donors (Lipinski definition) is 0. The number of imidazole rings is 1. The van der Waals surface area contributed by atoms with Gasteiger partial charge in [0.1, 0.15) is 5.58 Å². The minimum absolute atomic E-state index is 0. The van der Waals surface area contributed by atoms with Gasteiger partial charge in [-0.15, -0.1) is 17.7 Å². The molecule has 62 heavy (non-hydrogen) atoms. The van der Waals surface area contributed by atoms with E-state index in [0.29, 0.717) is 18.4 Å². The Morgan fingerprint density at radius 2 is 1.40 bits per heavy atom. The van der Waals surface area contributed by atoms with Crippen LogP contribution in [0.3, 0.4) is 0 Å². The van der Waals surface area contributed by atoms with Gasteiger partial charge < -0.3 is 8.98 Å². The number of fused-ring (bicyclic) bond motifs is 4. The first-order chi connectivity index (χ1) is 29.2. The van der Waals surface area contributed by atoms with Crippen molar-refractivity contribution in [2.24, 2.45) is 0 Å². The van der Waals surface area contributed by atoms with Crippen LogP contribution in [0.4, 0.5) is 0 Å². The van der Waals surface area contributed by atoms with Crippen LogP contribution in [0.2, 0.25) is 17.3 Å². The predicted octanol–water partition coefficient (Wildman–Crippen LogP) is 14.1. The van der Waals surface area contributed by atoms with Gasteiger partial charge in [-0.25, -0.2) is 0 Å². The molecule has 0 saturated heterocycles. The van der Waals surface area contributed by atoms with E-state index >= 15 is 0 Å². The number of aromatic nitrogens is 4.